The summed E-state index contributed by atoms with van der Waals surface area (Å²) in [5.41, 5.74) is 4.46. The molecule has 0 saturated heterocycles. The van der Waals surface area contributed by atoms with Gasteiger partial charge >= 0.3 is 0 Å². The minimum absolute atomic E-state index is 0.0488. The quantitative estimate of drug-likeness (QED) is 0.0633. The van der Waals surface area contributed by atoms with Gasteiger partial charge in [-0.05, 0) is 127 Å². The van der Waals surface area contributed by atoms with Crippen LogP contribution in [0.5, 0.6) is 40.2 Å². The van der Waals surface area contributed by atoms with Crippen molar-refractivity contribution in [3.63, 3.8) is 0 Å². The molecule has 0 aliphatic carbocycles. The molecular weight excluding hydrogens is 978 g/mol. The number of para-hydroxylation sites is 3. The lowest BCUT2D eigenvalue weighted by atomic mass is 10.1. The number of halogens is 7. The maximum atomic E-state index is 13.6. The Kier molecular flexibility index (Phi) is 18.4. The Hall–Kier alpha value is -6.17. The second-order valence-corrected chi connectivity index (χ2v) is 16.9. The predicted octanol–water partition coefficient (Wildman–Crippen LogP) is 17.0. The topological polar surface area (TPSA) is 115 Å². The number of phenolic OH excluding ortho intramolecular Hbond substituents is 3. The van der Waals surface area contributed by atoms with E-state index in [4.69, 9.17) is 79.1 Å². The van der Waals surface area contributed by atoms with Gasteiger partial charge < -0.3 is 40.7 Å². The first-order valence-corrected chi connectivity index (χ1v) is 22.6. The first-order chi connectivity index (χ1) is 32.2. The van der Waals surface area contributed by atoms with E-state index in [1.807, 2.05) is 91.0 Å². The van der Waals surface area contributed by atoms with Crippen LogP contribution in [-0.4, -0.2) is 15.3 Å². The van der Waals surface area contributed by atoms with Crippen LogP contribution in [0.4, 0.5) is 21.5 Å². The van der Waals surface area contributed by atoms with Gasteiger partial charge in [0.2, 0.25) is 0 Å². The molecule has 0 amide bonds. The molecular formula is C52H42Cl6FN3O5. The number of nitrogens with one attached hydrogen (secondary N) is 3. The summed E-state index contributed by atoms with van der Waals surface area (Å²) < 4.78 is 25.3. The molecule has 8 aromatic carbocycles. The predicted molar refractivity (Wildman–Crippen MR) is 273 cm³/mol. The SMILES string of the molecule is Cc1c(Cl)cc(NCc2c(F)cccc2Cl)c(O)c1Cl.Oc1c(Cl)cccc1NCc1cccc(Oc2ccc(Cl)cc2)c1.Oc1c(Cl)cccc1NCc1cccc(Oc2ccccc2)c1. The lowest BCUT2D eigenvalue weighted by molar-refractivity contribution is 0.476. The van der Waals surface area contributed by atoms with E-state index in [1.54, 1.807) is 61.5 Å². The monoisotopic (exact) mass is 1020 g/mol. The molecule has 0 saturated carbocycles. The van der Waals surface area contributed by atoms with Gasteiger partial charge in [-0.25, -0.2) is 4.39 Å². The van der Waals surface area contributed by atoms with Crippen LogP contribution in [0.2, 0.25) is 30.1 Å². The van der Waals surface area contributed by atoms with Crippen molar-refractivity contribution in [2.45, 2.75) is 26.6 Å². The van der Waals surface area contributed by atoms with E-state index in [0.717, 1.165) is 34.1 Å². The molecule has 0 unspecified atom stereocenters. The average Bonchev–Trinajstić information content (AvgIpc) is 3.32. The molecule has 67 heavy (non-hydrogen) atoms. The molecule has 0 heterocycles. The Bertz CT molecular complexity index is 2890. The molecule has 8 aromatic rings. The summed E-state index contributed by atoms with van der Waals surface area (Å²) in [5.74, 6) is 2.58. The van der Waals surface area contributed by atoms with Crippen molar-refractivity contribution in [1.29, 1.82) is 0 Å². The third-order valence-electron chi connectivity index (χ3n) is 9.70. The average molecular weight is 1020 g/mol. The number of benzene rings is 8. The Balaban J connectivity index is 0.000000167. The first kappa shape index (κ1) is 50.2. The summed E-state index contributed by atoms with van der Waals surface area (Å²) >= 11 is 35.6. The molecule has 0 bridgehead atoms. The van der Waals surface area contributed by atoms with Crippen molar-refractivity contribution in [2.24, 2.45) is 0 Å². The zero-order chi connectivity index (χ0) is 47.9. The molecule has 0 radical (unpaired) electrons. The van der Waals surface area contributed by atoms with Gasteiger partial charge in [-0.15, -0.1) is 0 Å². The van der Waals surface area contributed by atoms with E-state index in [-0.39, 0.29) is 28.8 Å². The van der Waals surface area contributed by atoms with Gasteiger partial charge in [0, 0.05) is 40.3 Å². The summed E-state index contributed by atoms with van der Waals surface area (Å²) in [6.45, 7) is 2.89. The minimum Gasteiger partial charge on any atom is -0.504 e. The van der Waals surface area contributed by atoms with Crippen molar-refractivity contribution < 1.29 is 29.2 Å². The molecule has 6 N–H and O–H groups in total. The van der Waals surface area contributed by atoms with Crippen molar-refractivity contribution in [2.75, 3.05) is 16.0 Å². The molecule has 0 atom stereocenters. The van der Waals surface area contributed by atoms with Crippen LogP contribution in [0.3, 0.4) is 0 Å². The number of rotatable bonds is 13. The van der Waals surface area contributed by atoms with E-state index in [0.29, 0.717) is 66.4 Å². The fourth-order valence-electron chi connectivity index (χ4n) is 6.14. The maximum absolute atomic E-state index is 13.6. The Morgan fingerprint density at radius 3 is 1.43 bits per heavy atom. The van der Waals surface area contributed by atoms with Crippen LogP contribution in [0.1, 0.15) is 22.3 Å². The van der Waals surface area contributed by atoms with Gasteiger partial charge in [0.1, 0.15) is 28.8 Å². The molecule has 8 nitrogen and oxygen atoms in total. The molecule has 0 spiro atoms. The van der Waals surface area contributed by atoms with E-state index in [9.17, 15) is 19.7 Å². The number of anilines is 3. The van der Waals surface area contributed by atoms with Crippen molar-refractivity contribution >= 4 is 86.7 Å². The Morgan fingerprint density at radius 1 is 0.433 bits per heavy atom. The zero-order valence-electron chi connectivity index (χ0n) is 35.5. The van der Waals surface area contributed by atoms with E-state index >= 15 is 0 Å². The van der Waals surface area contributed by atoms with Crippen LogP contribution in [0.15, 0.2) is 164 Å². The van der Waals surface area contributed by atoms with Gasteiger partial charge in [0.05, 0.1) is 32.1 Å². The molecule has 0 aromatic heterocycles. The highest BCUT2D eigenvalue weighted by atomic mass is 35.5. The van der Waals surface area contributed by atoms with Gasteiger partial charge in [-0.1, -0.05) is 130 Å². The second-order valence-electron chi connectivity index (χ2n) is 14.5. The van der Waals surface area contributed by atoms with Gasteiger partial charge in [0.15, 0.2) is 17.2 Å². The number of hydrogen-bond donors (Lipinski definition) is 6. The fourth-order valence-corrected chi connectivity index (χ4v) is 7.30. The summed E-state index contributed by atoms with van der Waals surface area (Å²) in [6.07, 6.45) is 0. The highest BCUT2D eigenvalue weighted by molar-refractivity contribution is 6.37. The van der Waals surface area contributed by atoms with Crippen LogP contribution in [0.25, 0.3) is 0 Å². The van der Waals surface area contributed by atoms with Crippen molar-refractivity contribution in [3.05, 3.63) is 222 Å². The Morgan fingerprint density at radius 2 is 0.896 bits per heavy atom. The normalized spacial score (nSPS) is 10.4. The summed E-state index contributed by atoms with van der Waals surface area (Å²) in [6, 6.07) is 48.7. The number of hydrogen-bond acceptors (Lipinski definition) is 8. The van der Waals surface area contributed by atoms with E-state index in [1.165, 1.54) is 18.2 Å². The molecule has 344 valence electrons. The highest BCUT2D eigenvalue weighted by Gasteiger charge is 2.14. The third kappa shape index (κ3) is 14.7. The molecule has 0 fully saturated rings. The molecule has 15 heteroatoms. The van der Waals surface area contributed by atoms with Crippen molar-refractivity contribution in [1.82, 2.24) is 0 Å². The van der Waals surface area contributed by atoms with Crippen LogP contribution < -0.4 is 25.4 Å². The standard InChI is InChI=1S/C19H15Cl2NO2.C19H16ClNO2.C14H11Cl3FNO/c20-14-7-9-15(10-8-14)24-16-4-1-3-13(11-16)12-22-18-6-2-5-17(21)19(18)23;20-17-10-5-11-18(19(17)22)21-13-14-6-4-9-16(12-14)23-15-7-2-1-3-8-15;1-7-10(16)5-12(14(20)13(7)17)19-6-8-9(15)3-2-4-11(8)18/h1-11,22-23H,12H2;1-12,21-22H,13H2;2-5,19-20H,6H2,1H3. The van der Waals surface area contributed by atoms with Gasteiger partial charge in [-0.2, -0.15) is 0 Å². The highest BCUT2D eigenvalue weighted by Crippen LogP contribution is 2.39. The largest absolute Gasteiger partial charge is 0.504 e. The number of ether oxygens (including phenoxy) is 2. The van der Waals surface area contributed by atoms with Gasteiger partial charge in [-0.3, -0.25) is 0 Å². The molecule has 0 aliphatic heterocycles. The first-order valence-electron chi connectivity index (χ1n) is 20.4. The smallest absolute Gasteiger partial charge is 0.157 e. The van der Waals surface area contributed by atoms with E-state index < -0.39 is 5.82 Å². The molecule has 8 rings (SSSR count). The molecule has 0 aliphatic rings. The second kappa shape index (κ2) is 24.6. The van der Waals surface area contributed by atoms with Crippen LogP contribution in [-0.2, 0) is 19.6 Å². The lowest BCUT2D eigenvalue weighted by Gasteiger charge is -2.13. The number of aromatic hydroxyl groups is 3. The fraction of sp³-hybridized carbons (Fsp3) is 0.0769. The minimum atomic E-state index is -0.422. The zero-order valence-corrected chi connectivity index (χ0v) is 40.0. The third-order valence-corrected chi connectivity index (χ3v) is 11.8. The van der Waals surface area contributed by atoms with E-state index in [2.05, 4.69) is 16.0 Å². The summed E-state index contributed by atoms with van der Waals surface area (Å²) in [4.78, 5) is 0. The van der Waals surface area contributed by atoms with Crippen molar-refractivity contribution in [3.8, 4) is 40.2 Å². The summed E-state index contributed by atoms with van der Waals surface area (Å²) in [5, 5.41) is 41.2. The lowest BCUT2D eigenvalue weighted by Crippen LogP contribution is -2.03. The number of phenols is 3. The maximum Gasteiger partial charge on any atom is 0.157 e. The van der Waals surface area contributed by atoms with Gasteiger partial charge in [0.25, 0.3) is 0 Å². The van der Waals surface area contributed by atoms with Crippen LogP contribution in [0, 0.1) is 12.7 Å². The summed E-state index contributed by atoms with van der Waals surface area (Å²) in [7, 11) is 0. The Labute approximate surface area is 418 Å². The van der Waals surface area contributed by atoms with Crippen LogP contribution >= 0.6 is 69.6 Å².